The van der Waals surface area contributed by atoms with Crippen LogP contribution in [0.2, 0.25) is 0 Å². The average Bonchev–Trinajstić information content (AvgIpc) is 2.52. The van der Waals surface area contributed by atoms with Gasteiger partial charge in [0.2, 0.25) is 0 Å². The molecule has 2 aromatic rings. The average molecular weight is 378 g/mol. The van der Waals surface area contributed by atoms with Gasteiger partial charge in [-0.05, 0) is 47.9 Å². The number of halogens is 1. The summed E-state index contributed by atoms with van der Waals surface area (Å²) in [5, 5.41) is 9.15. The van der Waals surface area contributed by atoms with Gasteiger partial charge in [-0.2, -0.15) is 0 Å². The van der Waals surface area contributed by atoms with Crippen molar-refractivity contribution in [2.24, 2.45) is 10.4 Å². The van der Waals surface area contributed by atoms with Crippen LogP contribution in [0.5, 0.6) is 0 Å². The Hall–Kier alpha value is -2.18. The molecular formula is C18H16ClNO4S. The van der Waals surface area contributed by atoms with Gasteiger partial charge in [-0.3, -0.25) is 4.99 Å². The number of benzene rings is 2. The van der Waals surface area contributed by atoms with Gasteiger partial charge in [-0.15, -0.1) is 0 Å². The number of aliphatic imine (C=N–C) groups is 1. The van der Waals surface area contributed by atoms with E-state index in [1.54, 1.807) is 24.3 Å². The van der Waals surface area contributed by atoms with Gasteiger partial charge in [0.05, 0.1) is 21.9 Å². The number of hydrogen-bond donors (Lipinski definition) is 1. The van der Waals surface area contributed by atoms with Crippen molar-refractivity contribution in [2.45, 2.75) is 25.2 Å². The van der Waals surface area contributed by atoms with E-state index >= 15 is 0 Å². The predicted octanol–water partition coefficient (Wildman–Crippen LogP) is 4.02. The SMILES string of the molecule is CC1(C)Cc2cc(C(=O)O)ccc2N=C1c1cccc(S(=O)(=O)Cl)c1. The van der Waals surface area contributed by atoms with Crippen molar-refractivity contribution in [3.05, 3.63) is 59.2 Å². The highest BCUT2D eigenvalue weighted by Gasteiger charge is 2.32. The van der Waals surface area contributed by atoms with Crippen LogP contribution in [0.1, 0.15) is 35.3 Å². The van der Waals surface area contributed by atoms with E-state index in [1.165, 1.54) is 18.2 Å². The first kappa shape index (κ1) is 17.6. The zero-order chi connectivity index (χ0) is 18.4. The highest BCUT2D eigenvalue weighted by Crippen LogP contribution is 2.38. The Morgan fingerprint density at radius 2 is 1.92 bits per heavy atom. The molecule has 0 atom stereocenters. The minimum Gasteiger partial charge on any atom is -0.478 e. The lowest BCUT2D eigenvalue weighted by atomic mass is 9.76. The van der Waals surface area contributed by atoms with Crippen LogP contribution >= 0.6 is 10.7 Å². The van der Waals surface area contributed by atoms with E-state index in [-0.39, 0.29) is 10.5 Å². The number of hydrogen-bond acceptors (Lipinski definition) is 4. The summed E-state index contributed by atoms with van der Waals surface area (Å²) in [4.78, 5) is 15.9. The summed E-state index contributed by atoms with van der Waals surface area (Å²) in [6.45, 7) is 3.98. The van der Waals surface area contributed by atoms with E-state index in [4.69, 9.17) is 15.8 Å². The highest BCUT2D eigenvalue weighted by molar-refractivity contribution is 8.13. The highest BCUT2D eigenvalue weighted by atomic mass is 35.7. The molecule has 0 aliphatic carbocycles. The van der Waals surface area contributed by atoms with Crippen molar-refractivity contribution in [3.8, 4) is 0 Å². The van der Waals surface area contributed by atoms with Crippen LogP contribution < -0.4 is 0 Å². The molecule has 1 N–H and O–H groups in total. The van der Waals surface area contributed by atoms with Gasteiger partial charge in [-0.25, -0.2) is 13.2 Å². The molecule has 130 valence electrons. The topological polar surface area (TPSA) is 83.8 Å². The van der Waals surface area contributed by atoms with Crippen LogP contribution in [0.3, 0.4) is 0 Å². The Bertz CT molecular complexity index is 1010. The second-order valence-electron chi connectivity index (χ2n) is 6.64. The lowest BCUT2D eigenvalue weighted by Crippen LogP contribution is -2.30. The largest absolute Gasteiger partial charge is 0.478 e. The monoisotopic (exact) mass is 377 g/mol. The van der Waals surface area contributed by atoms with Crippen molar-refractivity contribution in [1.82, 2.24) is 0 Å². The molecule has 3 rings (SSSR count). The minimum absolute atomic E-state index is 0.0252. The van der Waals surface area contributed by atoms with Crippen molar-refractivity contribution >= 4 is 37.1 Å². The molecule has 0 saturated carbocycles. The molecule has 0 radical (unpaired) electrons. The smallest absolute Gasteiger partial charge is 0.335 e. The molecule has 25 heavy (non-hydrogen) atoms. The Kier molecular flexibility index (Phi) is 4.21. The Morgan fingerprint density at radius 1 is 1.20 bits per heavy atom. The van der Waals surface area contributed by atoms with Crippen LogP contribution in [-0.4, -0.2) is 25.2 Å². The van der Waals surface area contributed by atoms with Gasteiger partial charge in [0.25, 0.3) is 9.05 Å². The molecule has 1 heterocycles. The second-order valence-corrected chi connectivity index (χ2v) is 9.20. The Morgan fingerprint density at radius 3 is 2.56 bits per heavy atom. The van der Waals surface area contributed by atoms with E-state index < -0.39 is 20.4 Å². The molecule has 2 aromatic carbocycles. The lowest BCUT2D eigenvalue weighted by Gasteiger charge is -2.32. The summed E-state index contributed by atoms with van der Waals surface area (Å²) in [6, 6.07) is 11.2. The quantitative estimate of drug-likeness (QED) is 0.819. The molecule has 0 bridgehead atoms. The van der Waals surface area contributed by atoms with Gasteiger partial charge in [-0.1, -0.05) is 26.0 Å². The number of fused-ring (bicyclic) bond motifs is 1. The fourth-order valence-electron chi connectivity index (χ4n) is 3.05. The number of carboxylic acids is 1. The van der Waals surface area contributed by atoms with Gasteiger partial charge >= 0.3 is 5.97 Å². The van der Waals surface area contributed by atoms with Crippen molar-refractivity contribution < 1.29 is 18.3 Å². The molecular weight excluding hydrogens is 362 g/mol. The van der Waals surface area contributed by atoms with Crippen molar-refractivity contribution in [2.75, 3.05) is 0 Å². The van der Waals surface area contributed by atoms with Gasteiger partial charge in [0, 0.05) is 16.1 Å². The van der Waals surface area contributed by atoms with Gasteiger partial charge < -0.3 is 5.11 Å². The molecule has 7 heteroatoms. The number of aromatic carboxylic acids is 1. The zero-order valence-electron chi connectivity index (χ0n) is 13.7. The predicted molar refractivity (Wildman–Crippen MR) is 96.6 cm³/mol. The maximum atomic E-state index is 11.6. The molecule has 0 fully saturated rings. The first-order valence-electron chi connectivity index (χ1n) is 7.58. The summed E-state index contributed by atoms with van der Waals surface area (Å²) in [5.74, 6) is -0.976. The molecule has 0 amide bonds. The molecule has 1 aliphatic heterocycles. The summed E-state index contributed by atoms with van der Waals surface area (Å²) in [6.07, 6.45) is 0.597. The zero-order valence-corrected chi connectivity index (χ0v) is 15.2. The number of rotatable bonds is 3. The van der Waals surface area contributed by atoms with Crippen LogP contribution in [-0.2, 0) is 15.5 Å². The number of nitrogens with zero attached hydrogens (tertiary/aromatic N) is 1. The van der Waals surface area contributed by atoms with Crippen LogP contribution in [0.4, 0.5) is 5.69 Å². The standard InChI is InChI=1S/C18H16ClNO4S/c1-18(2)10-13-8-12(17(21)22)6-7-15(13)20-16(18)11-4-3-5-14(9-11)25(19,23)24/h3-9H,10H2,1-2H3,(H,21,22). The first-order chi connectivity index (χ1) is 11.6. The molecule has 5 nitrogen and oxygen atoms in total. The van der Waals surface area contributed by atoms with Crippen LogP contribution in [0.25, 0.3) is 0 Å². The second kappa shape index (κ2) is 5.97. The summed E-state index contributed by atoms with van der Waals surface area (Å²) in [7, 11) is 1.62. The maximum Gasteiger partial charge on any atom is 0.335 e. The fourth-order valence-corrected chi connectivity index (χ4v) is 3.85. The summed E-state index contributed by atoms with van der Waals surface area (Å²) in [5.41, 5.74) is 2.81. The van der Waals surface area contributed by atoms with Crippen molar-refractivity contribution in [1.29, 1.82) is 0 Å². The van der Waals surface area contributed by atoms with E-state index in [0.29, 0.717) is 17.7 Å². The molecule has 0 aromatic heterocycles. The molecule has 0 saturated heterocycles. The Labute approximate surface area is 150 Å². The van der Waals surface area contributed by atoms with Crippen LogP contribution in [0, 0.1) is 5.41 Å². The lowest BCUT2D eigenvalue weighted by molar-refractivity contribution is 0.0696. The first-order valence-corrected chi connectivity index (χ1v) is 9.89. The minimum atomic E-state index is -3.82. The molecule has 0 spiro atoms. The number of carboxylic acid groups (broad SMARTS) is 1. The third kappa shape index (κ3) is 3.45. The number of carbonyl (C=O) groups is 1. The van der Waals surface area contributed by atoms with Gasteiger partial charge in [0.1, 0.15) is 0 Å². The van der Waals surface area contributed by atoms with E-state index in [1.807, 2.05) is 13.8 Å². The summed E-state index contributed by atoms with van der Waals surface area (Å²) >= 11 is 0. The normalized spacial score (nSPS) is 16.0. The van der Waals surface area contributed by atoms with Gasteiger partial charge in [0.15, 0.2) is 0 Å². The van der Waals surface area contributed by atoms with E-state index in [9.17, 15) is 13.2 Å². The fraction of sp³-hybridized carbons (Fsp3) is 0.222. The Balaban J connectivity index is 2.14. The van der Waals surface area contributed by atoms with Crippen molar-refractivity contribution in [3.63, 3.8) is 0 Å². The molecule has 1 aliphatic rings. The molecule has 0 unspecified atom stereocenters. The third-order valence-electron chi connectivity index (χ3n) is 4.22. The third-order valence-corrected chi connectivity index (χ3v) is 5.57. The maximum absolute atomic E-state index is 11.6. The summed E-state index contributed by atoms with van der Waals surface area (Å²) < 4.78 is 23.2. The van der Waals surface area contributed by atoms with E-state index in [2.05, 4.69) is 4.99 Å². The van der Waals surface area contributed by atoms with Crippen LogP contribution in [0.15, 0.2) is 52.4 Å². The van der Waals surface area contributed by atoms with E-state index in [0.717, 1.165) is 11.3 Å².